The van der Waals surface area contributed by atoms with Gasteiger partial charge in [-0.1, -0.05) is 92.2 Å². The average molecular weight is 694 g/mol. The van der Waals surface area contributed by atoms with Crippen LogP contribution in [0.3, 0.4) is 0 Å². The van der Waals surface area contributed by atoms with E-state index < -0.39 is 0 Å². The minimum atomic E-state index is -0.184. The first-order chi connectivity index (χ1) is 22.9. The summed E-state index contributed by atoms with van der Waals surface area (Å²) < 4.78 is 0. The molecule has 2 aliphatic carbocycles. The molecule has 1 N–H and O–H groups in total. The van der Waals surface area contributed by atoms with Crippen molar-refractivity contribution in [3.8, 4) is 5.75 Å². The monoisotopic (exact) mass is 694 g/mol. The Morgan fingerprint density at radius 1 is 0.560 bits per heavy atom. The molecule has 0 spiro atoms. The van der Waals surface area contributed by atoms with Crippen LogP contribution in [0.2, 0.25) is 0 Å². The number of nitrogens with zero attached hydrogens (tertiary/aromatic N) is 2. The highest BCUT2D eigenvalue weighted by Crippen LogP contribution is 2.56. The van der Waals surface area contributed by atoms with Crippen molar-refractivity contribution in [3.05, 3.63) is 34.7 Å². The molecule has 2 heterocycles. The van der Waals surface area contributed by atoms with Crippen molar-refractivity contribution in [2.75, 3.05) is 0 Å². The molecule has 5 heteroatoms. The van der Waals surface area contributed by atoms with Gasteiger partial charge in [0.1, 0.15) is 5.75 Å². The van der Waals surface area contributed by atoms with E-state index in [2.05, 4.69) is 119 Å². The first-order valence-electron chi connectivity index (χ1n) is 20.6. The summed E-state index contributed by atoms with van der Waals surface area (Å²) in [5.41, 5.74) is 2.60. The van der Waals surface area contributed by atoms with Gasteiger partial charge >= 0.3 is 0 Å². The lowest BCUT2D eigenvalue weighted by atomic mass is 9.60. The van der Waals surface area contributed by atoms with Gasteiger partial charge in [-0.05, 0) is 146 Å². The van der Waals surface area contributed by atoms with Crippen LogP contribution in [-0.4, -0.2) is 49.6 Å². The standard InChI is InChI=1S/C45H77N2O3/c1-40(2,3)36-25-31(26-37(39(36)48)41(4,5)6)38(32-27-42(7,8)46(43(9,10)28-32)49-34-21-17-15-18-22-34)33-29-44(11,12)47(45(13,14)30-33)50-35-23-19-16-20-24-35/h25-26,32-35,48H,15-24,27-30H2,1-14H3. The second kappa shape index (κ2) is 14.3. The SMILES string of the molecule is CC(C)(C)c1cc([C](C2CC(C)(C)N(OC3CCCCC3)C(C)(C)C2)C2CC(C)(C)N(OC3CCCCC3)C(C)(C)C2)cc(C(C)(C)C)c1O. The van der Waals surface area contributed by atoms with Gasteiger partial charge in [-0.3, -0.25) is 9.68 Å². The van der Waals surface area contributed by atoms with Crippen LogP contribution in [0, 0.1) is 17.8 Å². The normalized spacial score (nSPS) is 26.5. The smallest absolute Gasteiger partial charge is 0.123 e. The molecule has 1 aromatic carbocycles. The number of aromatic hydroxyl groups is 1. The fourth-order valence-electron chi connectivity index (χ4n) is 10.9. The molecule has 2 saturated heterocycles. The Balaban J connectivity index is 1.59. The Morgan fingerprint density at radius 2 is 0.860 bits per heavy atom. The molecule has 0 aromatic heterocycles. The topological polar surface area (TPSA) is 45.2 Å². The molecule has 50 heavy (non-hydrogen) atoms. The number of benzene rings is 1. The molecule has 5 nitrogen and oxygen atoms in total. The zero-order valence-electron chi connectivity index (χ0n) is 35.0. The number of hydrogen-bond acceptors (Lipinski definition) is 5. The molecule has 285 valence electrons. The maximum atomic E-state index is 11.8. The Hall–Kier alpha value is -1.14. The summed E-state index contributed by atoms with van der Waals surface area (Å²) in [6, 6.07) is 4.77. The van der Waals surface area contributed by atoms with Gasteiger partial charge in [0.2, 0.25) is 0 Å². The highest BCUT2D eigenvalue weighted by Gasteiger charge is 2.55. The van der Waals surface area contributed by atoms with Crippen molar-refractivity contribution in [2.45, 2.75) is 232 Å². The summed E-state index contributed by atoms with van der Waals surface area (Å²) in [4.78, 5) is 14.0. The fourth-order valence-corrected chi connectivity index (χ4v) is 10.9. The van der Waals surface area contributed by atoms with Crippen LogP contribution >= 0.6 is 0 Å². The van der Waals surface area contributed by atoms with E-state index in [0.717, 1.165) is 36.8 Å². The van der Waals surface area contributed by atoms with E-state index >= 15 is 0 Å². The molecule has 0 unspecified atom stereocenters. The number of hydroxylamine groups is 4. The van der Waals surface area contributed by atoms with Gasteiger partial charge in [0.05, 0.1) is 12.2 Å². The zero-order valence-corrected chi connectivity index (χ0v) is 35.0. The minimum Gasteiger partial charge on any atom is -0.507 e. The van der Waals surface area contributed by atoms with E-state index in [-0.39, 0.29) is 33.0 Å². The predicted molar refractivity (Wildman–Crippen MR) is 209 cm³/mol. The second-order valence-corrected chi connectivity index (χ2v) is 21.7. The van der Waals surface area contributed by atoms with Crippen LogP contribution in [0.5, 0.6) is 5.75 Å². The van der Waals surface area contributed by atoms with Crippen molar-refractivity contribution in [2.24, 2.45) is 11.8 Å². The Bertz CT molecular complexity index is 1170. The van der Waals surface area contributed by atoms with E-state index in [1.54, 1.807) is 5.92 Å². The van der Waals surface area contributed by atoms with E-state index in [1.807, 2.05) is 0 Å². The maximum absolute atomic E-state index is 11.8. The van der Waals surface area contributed by atoms with Crippen LogP contribution in [0.4, 0.5) is 0 Å². The maximum Gasteiger partial charge on any atom is 0.123 e. The summed E-state index contributed by atoms with van der Waals surface area (Å²) in [5.74, 6) is 2.84. The lowest BCUT2D eigenvalue weighted by Crippen LogP contribution is -2.64. The highest BCUT2D eigenvalue weighted by atomic mass is 16.7. The Kier molecular flexibility index (Phi) is 11.4. The molecule has 1 radical (unpaired) electrons. The van der Waals surface area contributed by atoms with Crippen LogP contribution < -0.4 is 0 Å². The molecule has 1 aromatic rings. The third kappa shape index (κ3) is 8.63. The van der Waals surface area contributed by atoms with E-state index in [9.17, 15) is 5.11 Å². The van der Waals surface area contributed by atoms with Gasteiger partial charge in [0, 0.05) is 28.1 Å². The number of rotatable bonds is 7. The van der Waals surface area contributed by atoms with Crippen molar-refractivity contribution < 1.29 is 14.8 Å². The summed E-state index contributed by atoms with van der Waals surface area (Å²) >= 11 is 0. The third-order valence-electron chi connectivity index (χ3n) is 12.7. The molecule has 0 bridgehead atoms. The van der Waals surface area contributed by atoms with Gasteiger partial charge in [-0.15, -0.1) is 0 Å². The van der Waals surface area contributed by atoms with Crippen molar-refractivity contribution in [1.82, 2.24) is 10.1 Å². The van der Waals surface area contributed by atoms with Gasteiger partial charge < -0.3 is 5.11 Å². The first kappa shape index (κ1) is 40.1. The largest absolute Gasteiger partial charge is 0.507 e. The molecular formula is C45H77N2O3. The van der Waals surface area contributed by atoms with Gasteiger partial charge in [0.15, 0.2) is 0 Å². The highest BCUT2D eigenvalue weighted by molar-refractivity contribution is 5.53. The third-order valence-corrected chi connectivity index (χ3v) is 12.7. The van der Waals surface area contributed by atoms with Gasteiger partial charge in [-0.25, -0.2) is 0 Å². The zero-order chi connectivity index (χ0) is 37.1. The number of piperidine rings is 2. The van der Waals surface area contributed by atoms with E-state index in [1.165, 1.54) is 69.8 Å². The van der Waals surface area contributed by atoms with Crippen molar-refractivity contribution in [3.63, 3.8) is 0 Å². The van der Waals surface area contributed by atoms with Gasteiger partial charge in [-0.2, -0.15) is 10.1 Å². The molecule has 4 fully saturated rings. The molecule has 0 atom stereocenters. The molecule has 4 aliphatic rings. The number of phenolic OH excluding ortho intramolecular Hbond substituents is 1. The van der Waals surface area contributed by atoms with Gasteiger partial charge in [0.25, 0.3) is 0 Å². The van der Waals surface area contributed by atoms with Crippen LogP contribution in [0.25, 0.3) is 0 Å². The van der Waals surface area contributed by atoms with Crippen molar-refractivity contribution >= 4 is 0 Å². The fraction of sp³-hybridized carbons (Fsp3) is 0.844. The molecule has 2 saturated carbocycles. The molecule has 0 amide bonds. The minimum absolute atomic E-state index is 0.123. The predicted octanol–water partition coefficient (Wildman–Crippen LogP) is 12.0. The molecular weight excluding hydrogens is 617 g/mol. The Labute approximate surface area is 308 Å². The lowest BCUT2D eigenvalue weighted by Gasteiger charge is -2.59. The average Bonchev–Trinajstić information content (AvgIpc) is 2.97. The first-order valence-corrected chi connectivity index (χ1v) is 20.6. The second-order valence-electron chi connectivity index (χ2n) is 21.7. The summed E-state index contributed by atoms with van der Waals surface area (Å²) in [6.45, 7) is 32.9. The van der Waals surface area contributed by atoms with Crippen molar-refractivity contribution in [1.29, 1.82) is 0 Å². The summed E-state index contributed by atoms with van der Waals surface area (Å²) in [6.07, 6.45) is 17.4. The summed E-state index contributed by atoms with van der Waals surface area (Å²) in [5, 5.41) is 16.7. The Morgan fingerprint density at radius 3 is 1.14 bits per heavy atom. The van der Waals surface area contributed by atoms with Crippen LogP contribution in [-0.2, 0) is 20.5 Å². The molecule has 5 rings (SSSR count). The summed E-state index contributed by atoms with van der Waals surface area (Å²) in [7, 11) is 0. The van der Waals surface area contributed by atoms with Crippen LogP contribution in [0.1, 0.15) is 204 Å². The van der Waals surface area contributed by atoms with E-state index in [0.29, 0.717) is 29.8 Å². The lowest BCUT2D eigenvalue weighted by molar-refractivity contribution is -0.318. The molecule has 2 aliphatic heterocycles. The quantitative estimate of drug-likeness (QED) is 0.308. The van der Waals surface area contributed by atoms with Crippen LogP contribution in [0.15, 0.2) is 12.1 Å². The number of phenols is 1. The number of hydrogen-bond donors (Lipinski definition) is 1. The van der Waals surface area contributed by atoms with E-state index in [4.69, 9.17) is 9.68 Å².